The van der Waals surface area contributed by atoms with Crippen molar-refractivity contribution in [2.75, 3.05) is 0 Å². The lowest BCUT2D eigenvalue weighted by molar-refractivity contribution is 1.36. The fourth-order valence-corrected chi connectivity index (χ4v) is 4.41. The summed E-state index contributed by atoms with van der Waals surface area (Å²) >= 11 is 6.21. The zero-order valence-electron chi connectivity index (χ0n) is 17.7. The summed E-state index contributed by atoms with van der Waals surface area (Å²) in [7, 11) is 0. The van der Waals surface area contributed by atoms with Crippen LogP contribution in [-0.4, -0.2) is 9.97 Å². The van der Waals surface area contributed by atoms with Gasteiger partial charge in [0, 0.05) is 26.9 Å². The number of nitrogens with zero attached hydrogens (tertiary/aromatic N) is 2. The van der Waals surface area contributed by atoms with Crippen LogP contribution in [0.3, 0.4) is 0 Å². The lowest BCUT2D eigenvalue weighted by Crippen LogP contribution is -1.91. The van der Waals surface area contributed by atoms with Crippen molar-refractivity contribution in [2.24, 2.45) is 0 Å². The van der Waals surface area contributed by atoms with Crippen molar-refractivity contribution in [3.05, 3.63) is 120 Å². The van der Waals surface area contributed by atoms with E-state index >= 15 is 0 Å². The minimum atomic E-state index is 0.730. The number of fused-ring (bicyclic) bond motifs is 3. The fraction of sp³-hybridized carbons (Fsp3) is 0. The standard InChI is InChI=1S/C30H19ClN2/c31-26-11-5-9-24(19-26)23-8-4-10-25(18-23)28-17-15-22-13-12-21-14-16-27(20-6-2-1-3-7-20)32-29(21)30(22)33-28/h1-19H. The van der Waals surface area contributed by atoms with E-state index in [1.165, 1.54) is 0 Å². The SMILES string of the molecule is Clc1cccc(-c2cccc(-c3ccc4ccc5ccc(-c6ccccc6)nc5c4n3)c2)c1. The number of pyridine rings is 2. The van der Waals surface area contributed by atoms with Crippen LogP contribution in [0.2, 0.25) is 5.02 Å². The average molecular weight is 443 g/mol. The molecule has 0 atom stereocenters. The molecule has 2 heterocycles. The van der Waals surface area contributed by atoms with E-state index in [2.05, 4.69) is 78.9 Å². The summed E-state index contributed by atoms with van der Waals surface area (Å²) in [5, 5.41) is 2.89. The molecule has 0 saturated carbocycles. The van der Waals surface area contributed by atoms with Gasteiger partial charge in [-0.2, -0.15) is 0 Å². The van der Waals surface area contributed by atoms with Gasteiger partial charge in [0.15, 0.2) is 0 Å². The van der Waals surface area contributed by atoms with Crippen LogP contribution in [-0.2, 0) is 0 Å². The molecule has 6 rings (SSSR count). The smallest absolute Gasteiger partial charge is 0.0972 e. The van der Waals surface area contributed by atoms with Crippen LogP contribution in [0, 0.1) is 0 Å². The number of benzene rings is 4. The Balaban J connectivity index is 1.50. The van der Waals surface area contributed by atoms with Crippen LogP contribution in [0.15, 0.2) is 115 Å². The minimum Gasteiger partial charge on any atom is -0.245 e. The Morgan fingerprint density at radius 3 is 1.61 bits per heavy atom. The minimum absolute atomic E-state index is 0.730. The molecule has 0 bridgehead atoms. The molecular weight excluding hydrogens is 424 g/mol. The van der Waals surface area contributed by atoms with Crippen molar-refractivity contribution >= 4 is 33.4 Å². The first-order valence-corrected chi connectivity index (χ1v) is 11.2. The van der Waals surface area contributed by atoms with E-state index in [0.29, 0.717) is 0 Å². The summed E-state index contributed by atoms with van der Waals surface area (Å²) in [6.45, 7) is 0. The second kappa shape index (κ2) is 8.16. The summed E-state index contributed by atoms with van der Waals surface area (Å²) in [4.78, 5) is 10.1. The zero-order valence-corrected chi connectivity index (χ0v) is 18.5. The summed E-state index contributed by atoms with van der Waals surface area (Å²) < 4.78 is 0. The average Bonchev–Trinajstić information content (AvgIpc) is 2.88. The van der Waals surface area contributed by atoms with Gasteiger partial charge in [0.05, 0.1) is 22.4 Å². The Bertz CT molecular complexity index is 1620. The largest absolute Gasteiger partial charge is 0.245 e. The molecule has 4 aromatic carbocycles. The van der Waals surface area contributed by atoms with E-state index < -0.39 is 0 Å². The molecule has 0 aliphatic carbocycles. The van der Waals surface area contributed by atoms with Gasteiger partial charge in [-0.1, -0.05) is 96.5 Å². The maximum Gasteiger partial charge on any atom is 0.0972 e. The van der Waals surface area contributed by atoms with Gasteiger partial charge in [0.2, 0.25) is 0 Å². The van der Waals surface area contributed by atoms with Crippen LogP contribution in [0.25, 0.3) is 55.4 Å². The molecule has 3 heteroatoms. The predicted molar refractivity (Wildman–Crippen MR) is 138 cm³/mol. The normalized spacial score (nSPS) is 11.2. The third kappa shape index (κ3) is 3.75. The van der Waals surface area contributed by atoms with E-state index in [1.807, 2.05) is 36.4 Å². The molecule has 0 aliphatic heterocycles. The first-order chi connectivity index (χ1) is 16.2. The van der Waals surface area contributed by atoms with Crippen molar-refractivity contribution in [2.45, 2.75) is 0 Å². The summed E-state index contributed by atoms with van der Waals surface area (Å²) in [5.41, 5.74) is 8.06. The molecule has 0 fully saturated rings. The van der Waals surface area contributed by atoms with Crippen molar-refractivity contribution in [1.29, 1.82) is 0 Å². The number of aromatic nitrogens is 2. The Hall–Kier alpha value is -4.01. The maximum absolute atomic E-state index is 6.21. The highest BCUT2D eigenvalue weighted by Crippen LogP contribution is 2.31. The van der Waals surface area contributed by atoms with Crippen molar-refractivity contribution in [3.8, 4) is 33.6 Å². The number of rotatable bonds is 3. The Kier molecular flexibility index (Phi) is 4.86. The number of halogens is 1. The van der Waals surface area contributed by atoms with Gasteiger partial charge in [-0.25, -0.2) is 9.97 Å². The van der Waals surface area contributed by atoms with Gasteiger partial charge in [-0.3, -0.25) is 0 Å². The zero-order chi connectivity index (χ0) is 22.2. The van der Waals surface area contributed by atoms with E-state index in [9.17, 15) is 0 Å². The Morgan fingerprint density at radius 1 is 0.424 bits per heavy atom. The van der Waals surface area contributed by atoms with Gasteiger partial charge in [-0.05, 0) is 41.5 Å². The molecular formula is C30H19ClN2. The summed E-state index contributed by atoms with van der Waals surface area (Å²) in [6, 6.07) is 39.2. The van der Waals surface area contributed by atoms with Crippen LogP contribution in [0.1, 0.15) is 0 Å². The highest BCUT2D eigenvalue weighted by molar-refractivity contribution is 6.30. The first kappa shape index (κ1) is 19.7. The Labute approximate surface area is 197 Å². The van der Waals surface area contributed by atoms with E-state index in [0.717, 1.165) is 60.5 Å². The van der Waals surface area contributed by atoms with Crippen molar-refractivity contribution < 1.29 is 0 Å². The fourth-order valence-electron chi connectivity index (χ4n) is 4.22. The second-order valence-electron chi connectivity index (χ2n) is 8.06. The third-order valence-electron chi connectivity index (χ3n) is 5.91. The van der Waals surface area contributed by atoms with E-state index in [1.54, 1.807) is 0 Å². The Morgan fingerprint density at radius 2 is 0.939 bits per heavy atom. The molecule has 0 unspecified atom stereocenters. The number of hydrogen-bond donors (Lipinski definition) is 0. The van der Waals surface area contributed by atoms with Crippen molar-refractivity contribution in [3.63, 3.8) is 0 Å². The molecule has 33 heavy (non-hydrogen) atoms. The molecule has 0 saturated heterocycles. The molecule has 0 spiro atoms. The predicted octanol–water partition coefficient (Wildman–Crippen LogP) is 8.44. The molecule has 2 nitrogen and oxygen atoms in total. The molecule has 2 aromatic heterocycles. The van der Waals surface area contributed by atoms with Crippen LogP contribution in [0.5, 0.6) is 0 Å². The highest BCUT2D eigenvalue weighted by Gasteiger charge is 2.09. The number of hydrogen-bond acceptors (Lipinski definition) is 2. The molecule has 0 aliphatic rings. The second-order valence-corrected chi connectivity index (χ2v) is 8.50. The monoisotopic (exact) mass is 442 g/mol. The van der Waals surface area contributed by atoms with Gasteiger partial charge < -0.3 is 0 Å². The van der Waals surface area contributed by atoms with Gasteiger partial charge in [0.25, 0.3) is 0 Å². The molecule has 0 N–H and O–H groups in total. The molecule has 0 radical (unpaired) electrons. The van der Waals surface area contributed by atoms with Gasteiger partial charge >= 0.3 is 0 Å². The highest BCUT2D eigenvalue weighted by atomic mass is 35.5. The third-order valence-corrected chi connectivity index (χ3v) is 6.14. The summed E-state index contributed by atoms with van der Waals surface area (Å²) in [5.74, 6) is 0. The van der Waals surface area contributed by atoms with Crippen molar-refractivity contribution in [1.82, 2.24) is 9.97 Å². The van der Waals surface area contributed by atoms with Crippen LogP contribution < -0.4 is 0 Å². The molecule has 156 valence electrons. The topological polar surface area (TPSA) is 25.8 Å². The quantitative estimate of drug-likeness (QED) is 0.257. The summed E-state index contributed by atoms with van der Waals surface area (Å²) in [6.07, 6.45) is 0. The van der Waals surface area contributed by atoms with E-state index in [-0.39, 0.29) is 0 Å². The van der Waals surface area contributed by atoms with Gasteiger partial charge in [-0.15, -0.1) is 0 Å². The molecule has 0 amide bonds. The van der Waals surface area contributed by atoms with Crippen LogP contribution in [0.4, 0.5) is 0 Å². The van der Waals surface area contributed by atoms with Gasteiger partial charge in [0.1, 0.15) is 0 Å². The lowest BCUT2D eigenvalue weighted by atomic mass is 10.0. The van der Waals surface area contributed by atoms with Crippen LogP contribution >= 0.6 is 11.6 Å². The maximum atomic E-state index is 6.21. The lowest BCUT2D eigenvalue weighted by Gasteiger charge is -2.09. The molecule has 6 aromatic rings. The first-order valence-electron chi connectivity index (χ1n) is 10.9. The van der Waals surface area contributed by atoms with E-state index in [4.69, 9.17) is 21.6 Å².